The molecule has 1 aliphatic rings. The highest BCUT2D eigenvalue weighted by atomic mass is 16.5. The van der Waals surface area contributed by atoms with E-state index in [9.17, 15) is 9.59 Å². The summed E-state index contributed by atoms with van der Waals surface area (Å²) in [6, 6.07) is 7.99. The predicted octanol–water partition coefficient (Wildman–Crippen LogP) is 3.27. The van der Waals surface area contributed by atoms with E-state index in [0.29, 0.717) is 18.2 Å². The Kier molecular flexibility index (Phi) is 5.25. The summed E-state index contributed by atoms with van der Waals surface area (Å²) in [5.41, 5.74) is 2.66. The van der Waals surface area contributed by atoms with Crippen LogP contribution >= 0.6 is 0 Å². The summed E-state index contributed by atoms with van der Waals surface area (Å²) in [4.78, 5) is 30.7. The summed E-state index contributed by atoms with van der Waals surface area (Å²) in [7, 11) is 1.68. The van der Waals surface area contributed by atoms with Crippen LogP contribution in [0.5, 0.6) is 0 Å². The third-order valence-corrected chi connectivity index (χ3v) is 4.75. The number of amides is 2. The van der Waals surface area contributed by atoms with E-state index in [1.165, 1.54) is 21.9 Å². The van der Waals surface area contributed by atoms with Crippen LogP contribution < -0.4 is 5.32 Å². The molecule has 0 aliphatic carbocycles. The number of imidazole rings is 1. The molecular formula is C19H24N4O3. The highest BCUT2D eigenvalue weighted by Gasteiger charge is 2.31. The van der Waals surface area contributed by atoms with E-state index < -0.39 is 5.97 Å². The molecule has 1 saturated heterocycles. The zero-order valence-corrected chi connectivity index (χ0v) is 15.4. The van der Waals surface area contributed by atoms with Crippen LogP contribution in [0.2, 0.25) is 0 Å². The minimum Gasteiger partial charge on any atom is -0.461 e. The minimum absolute atomic E-state index is 0.0565. The van der Waals surface area contributed by atoms with Gasteiger partial charge in [0.2, 0.25) is 5.95 Å². The quantitative estimate of drug-likeness (QED) is 0.853. The summed E-state index contributed by atoms with van der Waals surface area (Å²) in [5.74, 6) is -0.129. The number of esters is 1. The number of aromatic nitrogens is 2. The van der Waals surface area contributed by atoms with E-state index in [-0.39, 0.29) is 18.7 Å². The lowest BCUT2D eigenvalue weighted by atomic mass is 9.99. The van der Waals surface area contributed by atoms with Crippen LogP contribution in [-0.4, -0.2) is 39.6 Å². The largest absolute Gasteiger partial charge is 0.461 e. The van der Waals surface area contributed by atoms with E-state index >= 15 is 0 Å². The lowest BCUT2D eigenvalue weighted by molar-refractivity contribution is 0.0515. The number of hydrogen-bond acceptors (Lipinski definition) is 4. The Bertz CT molecular complexity index is 815. The monoisotopic (exact) mass is 356 g/mol. The SMILES string of the molecule is CCOC(=O)c1cnc(NC(=O)N2CCC[C@@H]2c2ccccc2C)n1C. The fraction of sp³-hybridized carbons (Fsp3) is 0.421. The van der Waals surface area contributed by atoms with Gasteiger partial charge in [-0.1, -0.05) is 24.3 Å². The van der Waals surface area contributed by atoms with Gasteiger partial charge in [0.05, 0.1) is 18.8 Å². The van der Waals surface area contributed by atoms with Crippen LogP contribution in [0.1, 0.15) is 47.4 Å². The number of urea groups is 1. The van der Waals surface area contributed by atoms with Gasteiger partial charge in [0, 0.05) is 13.6 Å². The summed E-state index contributed by atoms with van der Waals surface area (Å²) < 4.78 is 6.53. The van der Waals surface area contributed by atoms with E-state index in [4.69, 9.17) is 4.74 Å². The predicted molar refractivity (Wildman–Crippen MR) is 98.0 cm³/mol. The Morgan fingerprint density at radius 3 is 2.85 bits per heavy atom. The molecule has 1 aliphatic heterocycles. The number of nitrogens with one attached hydrogen (secondary N) is 1. The van der Waals surface area contributed by atoms with Crippen LogP contribution in [0.15, 0.2) is 30.5 Å². The number of carbonyl (C=O) groups excluding carboxylic acids is 2. The number of rotatable bonds is 4. The van der Waals surface area contributed by atoms with E-state index in [2.05, 4.69) is 29.4 Å². The Hall–Kier alpha value is -2.83. The van der Waals surface area contributed by atoms with Gasteiger partial charge in [-0.2, -0.15) is 0 Å². The van der Waals surface area contributed by atoms with Gasteiger partial charge in [0.15, 0.2) is 0 Å². The molecule has 1 aromatic heterocycles. The first-order valence-electron chi connectivity index (χ1n) is 8.85. The van der Waals surface area contributed by atoms with Crippen molar-refractivity contribution in [3.8, 4) is 0 Å². The van der Waals surface area contributed by atoms with E-state index in [1.807, 2.05) is 17.0 Å². The molecule has 7 heteroatoms. The molecule has 1 fully saturated rings. The third kappa shape index (κ3) is 3.42. The Balaban J connectivity index is 1.76. The maximum Gasteiger partial charge on any atom is 0.356 e. The molecule has 7 nitrogen and oxygen atoms in total. The maximum atomic E-state index is 12.8. The van der Waals surface area contributed by atoms with Gasteiger partial charge in [-0.25, -0.2) is 14.6 Å². The molecule has 1 atom stereocenters. The molecule has 26 heavy (non-hydrogen) atoms. The number of hydrogen-bond donors (Lipinski definition) is 1. The zero-order valence-electron chi connectivity index (χ0n) is 15.4. The molecule has 0 bridgehead atoms. The first-order valence-corrected chi connectivity index (χ1v) is 8.85. The number of ether oxygens (including phenoxy) is 1. The van der Waals surface area contributed by atoms with E-state index in [0.717, 1.165) is 12.8 Å². The van der Waals surface area contributed by atoms with Crippen molar-refractivity contribution >= 4 is 17.9 Å². The van der Waals surface area contributed by atoms with E-state index in [1.54, 1.807) is 14.0 Å². The van der Waals surface area contributed by atoms with Crippen molar-refractivity contribution in [2.75, 3.05) is 18.5 Å². The van der Waals surface area contributed by atoms with Crippen LogP contribution in [0.25, 0.3) is 0 Å². The molecule has 2 amide bonds. The molecule has 2 heterocycles. The minimum atomic E-state index is -0.457. The van der Waals surface area contributed by atoms with Crippen molar-refractivity contribution in [1.82, 2.24) is 14.5 Å². The van der Waals surface area contributed by atoms with Crippen LogP contribution in [0, 0.1) is 6.92 Å². The number of anilines is 1. The van der Waals surface area contributed by atoms with Gasteiger partial charge < -0.3 is 14.2 Å². The molecule has 0 saturated carbocycles. The second kappa shape index (κ2) is 7.59. The van der Waals surface area contributed by atoms with Crippen molar-refractivity contribution in [3.05, 3.63) is 47.3 Å². The summed E-state index contributed by atoms with van der Waals surface area (Å²) in [5, 5.41) is 2.82. The fourth-order valence-corrected chi connectivity index (χ4v) is 3.38. The van der Waals surface area contributed by atoms with Gasteiger partial charge in [0.1, 0.15) is 5.69 Å². The summed E-state index contributed by atoms with van der Waals surface area (Å²) in [6.07, 6.45) is 3.31. The van der Waals surface area contributed by atoms with Crippen molar-refractivity contribution in [2.45, 2.75) is 32.7 Å². The molecule has 1 aromatic carbocycles. The highest BCUT2D eigenvalue weighted by Crippen LogP contribution is 2.33. The van der Waals surface area contributed by atoms with Crippen molar-refractivity contribution < 1.29 is 14.3 Å². The van der Waals surface area contributed by atoms with Crippen molar-refractivity contribution in [2.24, 2.45) is 7.05 Å². The van der Waals surface area contributed by atoms with Crippen molar-refractivity contribution in [3.63, 3.8) is 0 Å². The van der Waals surface area contributed by atoms with Crippen LogP contribution in [-0.2, 0) is 11.8 Å². The van der Waals surface area contributed by atoms with Gasteiger partial charge in [-0.3, -0.25) is 5.32 Å². The van der Waals surface area contributed by atoms with Gasteiger partial charge in [-0.15, -0.1) is 0 Å². The number of aryl methyl sites for hydroxylation is 1. The molecule has 0 unspecified atom stereocenters. The van der Waals surface area contributed by atoms with Gasteiger partial charge in [-0.05, 0) is 37.8 Å². The smallest absolute Gasteiger partial charge is 0.356 e. The van der Waals surface area contributed by atoms with Crippen molar-refractivity contribution in [1.29, 1.82) is 0 Å². The molecule has 1 N–H and O–H groups in total. The average molecular weight is 356 g/mol. The lowest BCUT2D eigenvalue weighted by Gasteiger charge is -2.26. The molecule has 0 spiro atoms. The average Bonchev–Trinajstić information content (AvgIpc) is 3.23. The first-order chi connectivity index (χ1) is 12.5. The van der Waals surface area contributed by atoms with Crippen LogP contribution in [0.3, 0.4) is 0 Å². The second-order valence-corrected chi connectivity index (χ2v) is 6.38. The van der Waals surface area contributed by atoms with Gasteiger partial charge in [0.25, 0.3) is 0 Å². The second-order valence-electron chi connectivity index (χ2n) is 6.38. The number of likely N-dealkylation sites (tertiary alicyclic amines) is 1. The third-order valence-electron chi connectivity index (χ3n) is 4.75. The molecule has 3 rings (SSSR count). The molecule has 138 valence electrons. The number of nitrogens with zero attached hydrogens (tertiary/aromatic N) is 3. The first kappa shape index (κ1) is 18.0. The number of carbonyl (C=O) groups is 2. The number of benzene rings is 1. The molecule has 2 aromatic rings. The Morgan fingerprint density at radius 2 is 2.12 bits per heavy atom. The Labute approximate surface area is 153 Å². The lowest BCUT2D eigenvalue weighted by Crippen LogP contribution is -2.35. The topological polar surface area (TPSA) is 76.5 Å². The fourth-order valence-electron chi connectivity index (χ4n) is 3.38. The highest BCUT2D eigenvalue weighted by molar-refractivity contribution is 5.91. The summed E-state index contributed by atoms with van der Waals surface area (Å²) >= 11 is 0. The molecular weight excluding hydrogens is 332 g/mol. The zero-order chi connectivity index (χ0) is 18.7. The normalized spacial score (nSPS) is 16.6. The van der Waals surface area contributed by atoms with Gasteiger partial charge >= 0.3 is 12.0 Å². The molecule has 0 radical (unpaired) electrons. The maximum absolute atomic E-state index is 12.8. The standard InChI is InChI=1S/C19H24N4O3/c1-4-26-17(24)16-12-20-18(22(16)3)21-19(25)23-11-7-10-15(23)14-9-6-5-8-13(14)2/h5-6,8-9,12,15H,4,7,10-11H2,1-3H3,(H,20,21,25)/t15-/m1/s1. The summed E-state index contributed by atoms with van der Waals surface area (Å²) in [6.45, 7) is 4.79. The van der Waals surface area contributed by atoms with Crippen LogP contribution in [0.4, 0.5) is 10.7 Å². The Morgan fingerprint density at radius 1 is 1.35 bits per heavy atom.